The second-order valence-electron chi connectivity index (χ2n) is 22.0. The van der Waals surface area contributed by atoms with E-state index in [0.29, 0.717) is 16.9 Å². The van der Waals surface area contributed by atoms with Gasteiger partial charge in [0.1, 0.15) is 0 Å². The van der Waals surface area contributed by atoms with E-state index in [0.717, 1.165) is 60.4 Å². The van der Waals surface area contributed by atoms with Crippen molar-refractivity contribution >= 4 is 0 Å². The van der Waals surface area contributed by atoms with Gasteiger partial charge in [0.2, 0.25) is 0 Å². The summed E-state index contributed by atoms with van der Waals surface area (Å²) in [6, 6.07) is 0. The highest BCUT2D eigenvalue weighted by Crippen LogP contribution is 2.68. The first kappa shape index (κ1) is 51.8. The van der Waals surface area contributed by atoms with Crippen molar-refractivity contribution in [3.05, 3.63) is 24.3 Å². The number of unbranched alkanes of at least 4 members (excludes halogenated alkanes) is 12. The Morgan fingerprint density at radius 2 is 1.17 bits per heavy atom. The lowest BCUT2D eigenvalue weighted by Gasteiger charge is -2.61. The minimum Gasteiger partial charge on any atom is -0.378 e. The van der Waals surface area contributed by atoms with Crippen LogP contribution in [-0.2, 0) is 4.74 Å². The van der Waals surface area contributed by atoms with Crippen LogP contribution < -0.4 is 0 Å². The number of rotatable bonds is 29. The van der Waals surface area contributed by atoms with E-state index in [9.17, 15) is 0 Å². The van der Waals surface area contributed by atoms with Gasteiger partial charge in [-0.15, -0.1) is 0 Å². The summed E-state index contributed by atoms with van der Waals surface area (Å²) < 4.78 is 6.70. The maximum atomic E-state index is 6.70. The number of allylic oxidation sites excluding steroid dienone is 4. The smallest absolute Gasteiger partial charge is 0.0578 e. The molecule has 0 N–H and O–H groups in total. The van der Waals surface area contributed by atoms with Gasteiger partial charge in [-0.25, -0.2) is 0 Å². The molecule has 10 atom stereocenters. The first-order valence-corrected chi connectivity index (χ1v) is 27.1. The van der Waals surface area contributed by atoms with Crippen molar-refractivity contribution in [1.29, 1.82) is 0 Å². The second kappa shape index (κ2) is 29.7. The Bertz CT molecular complexity index is 1060. The molecule has 0 aliphatic heterocycles. The van der Waals surface area contributed by atoms with Crippen molar-refractivity contribution in [3.8, 4) is 0 Å². The van der Waals surface area contributed by atoms with Gasteiger partial charge >= 0.3 is 0 Å². The maximum absolute atomic E-state index is 6.70. The Balaban J connectivity index is 0.00000291. The summed E-state index contributed by atoms with van der Waals surface area (Å²) in [7, 11) is 0. The lowest BCUT2D eigenvalue weighted by Crippen LogP contribution is -2.54. The maximum Gasteiger partial charge on any atom is 0.0578 e. The quantitative estimate of drug-likeness (QED) is 0.0540. The fourth-order valence-electron chi connectivity index (χ4n) is 13.5. The molecule has 0 heterocycles. The standard InChI is InChI=1S/C54H98O.C3H8/c1-8-10-11-12-13-14-15-16-17-18-19-20-21-22-23-24-25-26-32-46(9-2)33-27-28-42-55-48-38-40-53(6)47(43-48)34-35-49-51-37-36-50(45(5)31-29-30-44(3)4)54(51,7)41-39-52(49)53;1-3-2/h13-14,16-17,44-52H,8-12,15,18-43H2,1-7H3;3H2,1-2H3/b14-13-,17-16-;/t45?,46?,47?,48-,49?,50?,51?,52?,53-,54+;/m0./s1. The number of hydrogen-bond donors (Lipinski definition) is 0. The number of ether oxygens (including phenoxy) is 1. The van der Waals surface area contributed by atoms with Gasteiger partial charge in [-0.2, -0.15) is 0 Å². The van der Waals surface area contributed by atoms with Gasteiger partial charge in [-0.05, 0) is 154 Å². The van der Waals surface area contributed by atoms with Gasteiger partial charge in [-0.3, -0.25) is 0 Å². The molecule has 58 heavy (non-hydrogen) atoms. The predicted octanol–water partition coefficient (Wildman–Crippen LogP) is 19.1. The Hall–Kier alpha value is -0.560. The second-order valence-corrected chi connectivity index (χ2v) is 22.0. The van der Waals surface area contributed by atoms with Crippen LogP contribution in [0.5, 0.6) is 0 Å². The zero-order chi connectivity index (χ0) is 42.1. The molecule has 4 saturated carbocycles. The van der Waals surface area contributed by atoms with E-state index < -0.39 is 0 Å². The van der Waals surface area contributed by atoms with Crippen molar-refractivity contribution in [2.75, 3.05) is 6.61 Å². The Morgan fingerprint density at radius 1 is 0.569 bits per heavy atom. The van der Waals surface area contributed by atoms with Crippen LogP contribution in [0.2, 0.25) is 0 Å². The van der Waals surface area contributed by atoms with Crippen molar-refractivity contribution in [2.24, 2.45) is 58.2 Å². The average molecular weight is 807 g/mol. The number of fused-ring (bicyclic) bond motifs is 5. The summed E-state index contributed by atoms with van der Waals surface area (Å²) in [5.41, 5.74) is 1.21. The minimum absolute atomic E-state index is 0.544. The van der Waals surface area contributed by atoms with E-state index in [1.54, 1.807) is 6.42 Å². The minimum atomic E-state index is 0.544. The average Bonchev–Trinajstić information content (AvgIpc) is 3.57. The molecular weight excluding hydrogens is 701 g/mol. The molecule has 1 nitrogen and oxygen atoms in total. The van der Waals surface area contributed by atoms with E-state index in [-0.39, 0.29) is 0 Å². The van der Waals surface area contributed by atoms with Crippen molar-refractivity contribution in [1.82, 2.24) is 0 Å². The summed E-state index contributed by atoms with van der Waals surface area (Å²) >= 11 is 0. The van der Waals surface area contributed by atoms with Gasteiger partial charge in [0.15, 0.2) is 0 Å². The first-order chi connectivity index (χ1) is 28.1. The molecule has 4 fully saturated rings. The third-order valence-corrected chi connectivity index (χ3v) is 17.1. The fraction of sp³-hybridized carbons (Fsp3) is 0.930. The van der Waals surface area contributed by atoms with E-state index in [4.69, 9.17) is 4.74 Å². The summed E-state index contributed by atoms with van der Waals surface area (Å²) in [5.74, 6) is 7.65. The van der Waals surface area contributed by atoms with E-state index in [2.05, 4.69) is 86.6 Å². The van der Waals surface area contributed by atoms with Gasteiger partial charge in [0.25, 0.3) is 0 Å². The topological polar surface area (TPSA) is 9.23 Å². The highest BCUT2D eigenvalue weighted by molar-refractivity contribution is 5.10. The largest absolute Gasteiger partial charge is 0.378 e. The molecule has 0 aromatic carbocycles. The molecule has 4 aliphatic carbocycles. The third kappa shape index (κ3) is 17.3. The molecule has 0 radical (unpaired) electrons. The summed E-state index contributed by atoms with van der Waals surface area (Å²) in [6.45, 7) is 22.9. The summed E-state index contributed by atoms with van der Waals surface area (Å²) in [4.78, 5) is 0. The molecule has 0 saturated heterocycles. The van der Waals surface area contributed by atoms with Gasteiger partial charge < -0.3 is 4.74 Å². The van der Waals surface area contributed by atoms with Crippen LogP contribution in [0.1, 0.15) is 268 Å². The Kier molecular flexibility index (Phi) is 26.5. The molecule has 0 amide bonds. The van der Waals surface area contributed by atoms with Crippen LogP contribution >= 0.6 is 0 Å². The molecule has 1 heteroatoms. The van der Waals surface area contributed by atoms with Crippen LogP contribution in [0.3, 0.4) is 0 Å². The lowest BCUT2D eigenvalue weighted by molar-refractivity contribution is -0.137. The zero-order valence-electron chi connectivity index (χ0n) is 41.2. The molecule has 0 aromatic rings. The third-order valence-electron chi connectivity index (χ3n) is 17.1. The van der Waals surface area contributed by atoms with E-state index >= 15 is 0 Å². The van der Waals surface area contributed by atoms with Gasteiger partial charge in [0, 0.05) is 6.61 Å². The normalized spacial score (nSPS) is 30.6. The van der Waals surface area contributed by atoms with Crippen LogP contribution in [-0.4, -0.2) is 12.7 Å². The Labute approximate surface area is 366 Å². The van der Waals surface area contributed by atoms with E-state index in [1.807, 2.05) is 0 Å². The lowest BCUT2D eigenvalue weighted by atomic mass is 9.44. The van der Waals surface area contributed by atoms with Crippen LogP contribution in [0.25, 0.3) is 0 Å². The highest BCUT2D eigenvalue weighted by atomic mass is 16.5. The van der Waals surface area contributed by atoms with Crippen molar-refractivity contribution < 1.29 is 4.74 Å². The first-order valence-electron chi connectivity index (χ1n) is 27.1. The molecule has 7 unspecified atom stereocenters. The monoisotopic (exact) mass is 807 g/mol. The number of hydrogen-bond acceptors (Lipinski definition) is 1. The molecular formula is C57H106O. The molecule has 0 aromatic heterocycles. The zero-order valence-corrected chi connectivity index (χ0v) is 41.2. The van der Waals surface area contributed by atoms with Crippen LogP contribution in [0.4, 0.5) is 0 Å². The van der Waals surface area contributed by atoms with Gasteiger partial charge in [0.05, 0.1) is 6.10 Å². The SMILES string of the molecule is CCC.CCCCC/C=C\C/C=C\CCCCCCCCCCC(CC)CCCCO[C@H]1CC[C@@]2(C)C(CCC3C4CCC(C(C)CCCC(C)C)[C@@]4(C)CCC32)C1. The van der Waals surface area contributed by atoms with E-state index in [1.165, 1.54) is 193 Å². The highest BCUT2D eigenvalue weighted by Gasteiger charge is 2.60. The van der Waals surface area contributed by atoms with Crippen molar-refractivity contribution in [3.63, 3.8) is 0 Å². The van der Waals surface area contributed by atoms with Crippen molar-refractivity contribution in [2.45, 2.75) is 274 Å². The van der Waals surface area contributed by atoms with Crippen LogP contribution in [0.15, 0.2) is 24.3 Å². The molecule has 0 bridgehead atoms. The van der Waals surface area contributed by atoms with Crippen LogP contribution in [0, 0.1) is 58.2 Å². The fourth-order valence-corrected chi connectivity index (χ4v) is 13.5. The molecule has 4 rings (SSSR count). The molecule has 340 valence electrons. The summed E-state index contributed by atoms with van der Waals surface area (Å²) in [6.07, 6.45) is 55.0. The predicted molar refractivity (Wildman–Crippen MR) is 260 cm³/mol. The Morgan fingerprint density at radius 3 is 1.83 bits per heavy atom. The van der Waals surface area contributed by atoms with Gasteiger partial charge in [-0.1, -0.05) is 196 Å². The molecule has 0 spiro atoms. The summed E-state index contributed by atoms with van der Waals surface area (Å²) in [5, 5.41) is 0. The molecule has 4 aliphatic rings.